The molecule has 0 saturated carbocycles. The molecule has 1 aliphatic rings. The van der Waals surface area contributed by atoms with E-state index < -0.39 is 5.97 Å². The molecule has 1 saturated heterocycles. The lowest BCUT2D eigenvalue weighted by molar-refractivity contribution is -0.142. The second-order valence-electron chi connectivity index (χ2n) is 4.66. The molecule has 0 radical (unpaired) electrons. The van der Waals surface area contributed by atoms with Crippen LogP contribution in [0, 0.1) is 5.92 Å². The minimum absolute atomic E-state index is 0.0000510. The van der Waals surface area contributed by atoms with Crippen LogP contribution in [-0.4, -0.2) is 47.7 Å². The van der Waals surface area contributed by atoms with Crippen LogP contribution < -0.4 is 0 Å². The van der Waals surface area contributed by atoms with Gasteiger partial charge in [0.25, 0.3) is 0 Å². The molecular weight excluding hydrogens is 222 g/mol. The molecule has 0 unspecified atom stereocenters. The van der Waals surface area contributed by atoms with E-state index in [0.717, 1.165) is 12.8 Å². The van der Waals surface area contributed by atoms with Crippen molar-refractivity contribution in [2.75, 3.05) is 19.8 Å². The van der Waals surface area contributed by atoms with E-state index in [0.29, 0.717) is 19.8 Å². The molecule has 98 valence electrons. The summed E-state index contributed by atoms with van der Waals surface area (Å²) in [6, 6.07) is 0.0460. The first kappa shape index (κ1) is 14.0. The Labute approximate surface area is 102 Å². The Hall–Kier alpha value is -1.10. The summed E-state index contributed by atoms with van der Waals surface area (Å²) in [5.74, 6) is -0.792. The van der Waals surface area contributed by atoms with Crippen LogP contribution >= 0.6 is 0 Å². The molecule has 1 heterocycles. The molecule has 5 heteroatoms. The molecule has 0 aliphatic carbocycles. The van der Waals surface area contributed by atoms with Gasteiger partial charge in [-0.1, -0.05) is 0 Å². The average Bonchev–Trinajstić information content (AvgIpc) is 2.29. The Morgan fingerprint density at radius 3 is 2.41 bits per heavy atom. The largest absolute Gasteiger partial charge is 0.481 e. The van der Waals surface area contributed by atoms with Crippen LogP contribution in [0.4, 0.5) is 0 Å². The number of hydrogen-bond donors (Lipinski definition) is 1. The van der Waals surface area contributed by atoms with E-state index in [2.05, 4.69) is 0 Å². The lowest BCUT2D eigenvalue weighted by Crippen LogP contribution is -2.43. The predicted molar refractivity (Wildman–Crippen MR) is 62.6 cm³/mol. The van der Waals surface area contributed by atoms with Crippen molar-refractivity contribution >= 4 is 11.9 Å². The minimum atomic E-state index is -0.865. The summed E-state index contributed by atoms with van der Waals surface area (Å²) in [6.45, 7) is 5.38. The summed E-state index contributed by atoms with van der Waals surface area (Å²) in [7, 11) is 0. The minimum Gasteiger partial charge on any atom is -0.481 e. The number of aliphatic carboxylic acids is 1. The van der Waals surface area contributed by atoms with Gasteiger partial charge in [-0.15, -0.1) is 0 Å². The molecule has 0 aromatic heterocycles. The summed E-state index contributed by atoms with van der Waals surface area (Å²) in [6.07, 6.45) is 1.50. The summed E-state index contributed by atoms with van der Waals surface area (Å²) < 4.78 is 5.22. The van der Waals surface area contributed by atoms with Crippen molar-refractivity contribution in [3.63, 3.8) is 0 Å². The Balaban J connectivity index is 2.55. The van der Waals surface area contributed by atoms with E-state index in [9.17, 15) is 9.59 Å². The predicted octanol–water partition coefficient (Wildman–Crippen LogP) is 1.12. The van der Waals surface area contributed by atoms with Gasteiger partial charge in [0, 0.05) is 31.7 Å². The van der Waals surface area contributed by atoms with Gasteiger partial charge < -0.3 is 14.7 Å². The van der Waals surface area contributed by atoms with Gasteiger partial charge in [-0.3, -0.25) is 9.59 Å². The molecule has 0 spiro atoms. The number of amides is 1. The van der Waals surface area contributed by atoms with Crippen molar-refractivity contribution in [1.82, 2.24) is 4.90 Å². The van der Waals surface area contributed by atoms with E-state index >= 15 is 0 Å². The average molecular weight is 243 g/mol. The van der Waals surface area contributed by atoms with Crippen molar-refractivity contribution in [3.05, 3.63) is 0 Å². The number of hydrogen-bond acceptors (Lipinski definition) is 3. The number of carboxylic acids is 1. The number of carboxylic acid groups (broad SMARTS) is 1. The normalized spacial score (nSPS) is 17.1. The van der Waals surface area contributed by atoms with Crippen molar-refractivity contribution in [2.45, 2.75) is 39.2 Å². The highest BCUT2D eigenvalue weighted by atomic mass is 16.5. The quantitative estimate of drug-likeness (QED) is 0.786. The van der Waals surface area contributed by atoms with Crippen LogP contribution in [0.2, 0.25) is 0 Å². The molecule has 0 bridgehead atoms. The zero-order valence-electron chi connectivity index (χ0n) is 10.5. The first-order valence-electron chi connectivity index (χ1n) is 6.12. The Bertz CT molecular complexity index is 272. The van der Waals surface area contributed by atoms with Gasteiger partial charge in [0.15, 0.2) is 0 Å². The molecule has 1 rings (SSSR count). The fourth-order valence-electron chi connectivity index (χ4n) is 2.02. The highest BCUT2D eigenvalue weighted by Gasteiger charge is 2.27. The van der Waals surface area contributed by atoms with E-state index in [1.165, 1.54) is 0 Å². The van der Waals surface area contributed by atoms with Gasteiger partial charge in [0.05, 0.1) is 6.42 Å². The first-order valence-corrected chi connectivity index (χ1v) is 6.12. The second kappa shape index (κ2) is 6.59. The van der Waals surface area contributed by atoms with Crippen molar-refractivity contribution < 1.29 is 19.4 Å². The Morgan fingerprint density at radius 2 is 1.94 bits per heavy atom. The molecular formula is C12H21NO4. The summed E-state index contributed by atoms with van der Waals surface area (Å²) in [4.78, 5) is 24.5. The zero-order chi connectivity index (χ0) is 12.8. The van der Waals surface area contributed by atoms with Gasteiger partial charge in [-0.2, -0.15) is 0 Å². The molecule has 1 amide bonds. The maximum absolute atomic E-state index is 12.2. The molecule has 1 fully saturated rings. The smallest absolute Gasteiger partial charge is 0.305 e. The van der Waals surface area contributed by atoms with E-state index in [-0.39, 0.29) is 24.3 Å². The van der Waals surface area contributed by atoms with Gasteiger partial charge in [0.1, 0.15) is 0 Å². The molecule has 5 nitrogen and oxygen atoms in total. The summed E-state index contributed by atoms with van der Waals surface area (Å²) in [5, 5.41) is 8.68. The highest BCUT2D eigenvalue weighted by molar-refractivity contribution is 5.79. The molecule has 0 atom stereocenters. The van der Waals surface area contributed by atoms with Gasteiger partial charge in [-0.25, -0.2) is 0 Å². The monoisotopic (exact) mass is 243 g/mol. The van der Waals surface area contributed by atoms with Gasteiger partial charge in [-0.05, 0) is 26.7 Å². The number of ether oxygens (including phenoxy) is 1. The number of carbonyl (C=O) groups is 2. The maximum Gasteiger partial charge on any atom is 0.305 e. The number of rotatable bonds is 5. The molecule has 17 heavy (non-hydrogen) atoms. The SMILES string of the molecule is CC(C)N(CCC(=O)O)C(=O)C1CCOCC1. The number of carbonyl (C=O) groups excluding carboxylic acids is 1. The Kier molecular flexibility index (Phi) is 5.41. The van der Waals surface area contributed by atoms with Crippen molar-refractivity contribution in [1.29, 1.82) is 0 Å². The summed E-state index contributed by atoms with van der Waals surface area (Å²) >= 11 is 0. The van der Waals surface area contributed by atoms with Gasteiger partial charge >= 0.3 is 5.97 Å². The van der Waals surface area contributed by atoms with E-state index in [1.54, 1.807) is 4.90 Å². The first-order chi connectivity index (χ1) is 8.02. The van der Waals surface area contributed by atoms with Gasteiger partial charge in [0.2, 0.25) is 5.91 Å². The van der Waals surface area contributed by atoms with E-state index in [1.807, 2.05) is 13.8 Å². The standard InChI is InChI=1S/C12H21NO4/c1-9(2)13(6-3-11(14)15)12(16)10-4-7-17-8-5-10/h9-10H,3-8H2,1-2H3,(H,14,15). The lowest BCUT2D eigenvalue weighted by Gasteiger charge is -2.31. The van der Waals surface area contributed by atoms with Crippen LogP contribution in [0.15, 0.2) is 0 Å². The lowest BCUT2D eigenvalue weighted by atomic mass is 9.98. The third-order valence-electron chi connectivity index (χ3n) is 3.04. The van der Waals surface area contributed by atoms with Crippen molar-refractivity contribution in [3.8, 4) is 0 Å². The summed E-state index contributed by atoms with van der Waals surface area (Å²) in [5.41, 5.74) is 0. The zero-order valence-corrected chi connectivity index (χ0v) is 10.5. The van der Waals surface area contributed by atoms with Crippen LogP contribution in [0.1, 0.15) is 33.1 Å². The van der Waals surface area contributed by atoms with Crippen LogP contribution in [-0.2, 0) is 14.3 Å². The number of nitrogens with zero attached hydrogens (tertiary/aromatic N) is 1. The van der Waals surface area contributed by atoms with Crippen molar-refractivity contribution in [2.24, 2.45) is 5.92 Å². The molecule has 0 aromatic carbocycles. The molecule has 0 aromatic rings. The van der Waals surface area contributed by atoms with Crippen LogP contribution in [0.25, 0.3) is 0 Å². The highest BCUT2D eigenvalue weighted by Crippen LogP contribution is 2.19. The molecule has 1 N–H and O–H groups in total. The third-order valence-corrected chi connectivity index (χ3v) is 3.04. The molecule has 1 aliphatic heterocycles. The fraction of sp³-hybridized carbons (Fsp3) is 0.833. The second-order valence-corrected chi connectivity index (χ2v) is 4.66. The fourth-order valence-corrected chi connectivity index (χ4v) is 2.02. The third kappa shape index (κ3) is 4.34. The van der Waals surface area contributed by atoms with Crippen LogP contribution in [0.3, 0.4) is 0 Å². The van der Waals surface area contributed by atoms with Crippen LogP contribution in [0.5, 0.6) is 0 Å². The Morgan fingerprint density at radius 1 is 1.35 bits per heavy atom. The topological polar surface area (TPSA) is 66.8 Å². The van der Waals surface area contributed by atoms with E-state index in [4.69, 9.17) is 9.84 Å². The maximum atomic E-state index is 12.2.